The van der Waals surface area contributed by atoms with E-state index >= 15 is 0 Å². The first-order valence-corrected chi connectivity index (χ1v) is 11.0. The number of carbonyl (C=O) groups is 2. The van der Waals surface area contributed by atoms with Crippen LogP contribution in [-0.4, -0.2) is 11.8 Å². The second-order valence-electron chi connectivity index (χ2n) is 7.86. The molecule has 1 aliphatic heterocycles. The Hall–Kier alpha value is -2.18. The van der Waals surface area contributed by atoms with Crippen LogP contribution in [0.3, 0.4) is 0 Å². The number of hydrogen-bond acceptors (Lipinski definition) is 2. The molecule has 3 aromatic carbocycles. The summed E-state index contributed by atoms with van der Waals surface area (Å²) in [6.45, 7) is 0. The fraction of sp³-hybridized carbons (Fsp3) is 0.167. The topological polar surface area (TPSA) is 37.4 Å². The molecule has 29 heavy (non-hydrogen) atoms. The predicted octanol–water partition coefficient (Wildman–Crippen LogP) is 5.04. The van der Waals surface area contributed by atoms with Gasteiger partial charge < -0.3 is 0 Å². The predicted molar refractivity (Wildman–Crippen MR) is 120 cm³/mol. The highest BCUT2D eigenvalue weighted by Crippen LogP contribution is 2.65. The van der Waals surface area contributed by atoms with Gasteiger partial charge >= 0.3 is 0 Å². The van der Waals surface area contributed by atoms with E-state index in [0.29, 0.717) is 5.69 Å². The molecular weight excluding hydrogens is 497 g/mol. The molecular formula is C24H15ClINO2. The molecule has 3 aliphatic carbocycles. The van der Waals surface area contributed by atoms with Crippen LogP contribution in [0.4, 0.5) is 5.69 Å². The number of halogens is 2. The molecule has 0 aromatic heterocycles. The van der Waals surface area contributed by atoms with Gasteiger partial charge in [-0.05, 0) is 69.1 Å². The lowest BCUT2D eigenvalue weighted by atomic mass is 9.54. The first-order chi connectivity index (χ1) is 14.0. The first-order valence-electron chi connectivity index (χ1n) is 9.54. The maximum Gasteiger partial charge on any atom is 0.240 e. The smallest absolute Gasteiger partial charge is 0.240 e. The summed E-state index contributed by atoms with van der Waals surface area (Å²) < 4.78 is 1.05. The van der Waals surface area contributed by atoms with Gasteiger partial charge in [-0.1, -0.05) is 48.5 Å². The van der Waals surface area contributed by atoms with Crippen LogP contribution in [0, 0.1) is 15.4 Å². The number of amides is 2. The van der Waals surface area contributed by atoms with E-state index in [9.17, 15) is 9.59 Å². The molecule has 2 amide bonds. The molecule has 0 unspecified atom stereocenters. The van der Waals surface area contributed by atoms with Crippen molar-refractivity contribution < 1.29 is 9.59 Å². The number of hydrogen-bond donors (Lipinski definition) is 0. The SMILES string of the molecule is O=C1[C@@H]2C3c4ccccc4C(Cl)(c4ccccc43)[C@@H]2C(=O)N1c1ccc(I)cc1. The average Bonchev–Trinajstić information content (AvgIpc) is 3.01. The van der Waals surface area contributed by atoms with Gasteiger partial charge in [0.25, 0.3) is 0 Å². The lowest BCUT2D eigenvalue weighted by molar-refractivity contribution is -0.122. The molecule has 3 aromatic rings. The molecule has 7 rings (SSSR count). The number of rotatable bonds is 1. The fourth-order valence-electron chi connectivity index (χ4n) is 5.52. The molecule has 2 bridgehead atoms. The largest absolute Gasteiger partial charge is 0.274 e. The maximum absolute atomic E-state index is 13.7. The molecule has 1 saturated heterocycles. The minimum absolute atomic E-state index is 0.153. The fourth-order valence-corrected chi connectivity index (χ4v) is 6.46. The van der Waals surface area contributed by atoms with E-state index in [1.54, 1.807) is 0 Å². The molecule has 2 atom stereocenters. The van der Waals surface area contributed by atoms with Gasteiger partial charge in [0, 0.05) is 9.49 Å². The Morgan fingerprint density at radius 1 is 0.793 bits per heavy atom. The third-order valence-corrected chi connectivity index (χ3v) is 7.96. The van der Waals surface area contributed by atoms with E-state index in [1.165, 1.54) is 4.90 Å². The van der Waals surface area contributed by atoms with Crippen molar-refractivity contribution in [3.05, 3.63) is 98.6 Å². The van der Waals surface area contributed by atoms with Crippen LogP contribution in [0.1, 0.15) is 28.2 Å². The molecule has 1 heterocycles. The van der Waals surface area contributed by atoms with E-state index in [4.69, 9.17) is 11.6 Å². The zero-order valence-corrected chi connectivity index (χ0v) is 18.1. The summed E-state index contributed by atoms with van der Waals surface area (Å²) in [7, 11) is 0. The van der Waals surface area contributed by atoms with Crippen molar-refractivity contribution in [2.24, 2.45) is 11.8 Å². The van der Waals surface area contributed by atoms with Crippen LogP contribution in [0.2, 0.25) is 0 Å². The monoisotopic (exact) mass is 511 g/mol. The molecule has 4 aliphatic rings. The molecule has 0 N–H and O–H groups in total. The third-order valence-electron chi connectivity index (χ3n) is 6.60. The Morgan fingerprint density at radius 3 is 1.93 bits per heavy atom. The van der Waals surface area contributed by atoms with Gasteiger partial charge in [0.2, 0.25) is 11.8 Å². The van der Waals surface area contributed by atoms with Crippen LogP contribution in [0.25, 0.3) is 0 Å². The van der Waals surface area contributed by atoms with Crippen LogP contribution in [-0.2, 0) is 14.5 Å². The first kappa shape index (κ1) is 17.7. The summed E-state index contributed by atoms with van der Waals surface area (Å²) in [5.41, 5.74) is 4.65. The normalized spacial score (nSPS) is 28.9. The van der Waals surface area contributed by atoms with Crippen molar-refractivity contribution >= 4 is 51.7 Å². The van der Waals surface area contributed by atoms with Crippen LogP contribution in [0.15, 0.2) is 72.8 Å². The Kier molecular flexibility index (Phi) is 3.61. The van der Waals surface area contributed by atoms with Gasteiger partial charge in [-0.2, -0.15) is 0 Å². The molecule has 0 saturated carbocycles. The van der Waals surface area contributed by atoms with Gasteiger partial charge in [-0.3, -0.25) is 9.59 Å². The van der Waals surface area contributed by atoms with Crippen LogP contribution in [0.5, 0.6) is 0 Å². The van der Waals surface area contributed by atoms with Crippen molar-refractivity contribution in [2.45, 2.75) is 10.8 Å². The van der Waals surface area contributed by atoms with Gasteiger partial charge in [0.1, 0.15) is 4.87 Å². The van der Waals surface area contributed by atoms with Crippen molar-refractivity contribution in [1.82, 2.24) is 0 Å². The van der Waals surface area contributed by atoms with Crippen molar-refractivity contribution in [3.63, 3.8) is 0 Å². The number of carbonyl (C=O) groups excluding carboxylic acids is 2. The van der Waals surface area contributed by atoms with Crippen LogP contribution < -0.4 is 4.90 Å². The molecule has 5 heteroatoms. The van der Waals surface area contributed by atoms with Crippen molar-refractivity contribution in [3.8, 4) is 0 Å². The Balaban J connectivity index is 1.61. The van der Waals surface area contributed by atoms with Gasteiger partial charge in [0.05, 0.1) is 17.5 Å². The lowest BCUT2D eigenvalue weighted by Crippen LogP contribution is -2.50. The van der Waals surface area contributed by atoms with E-state index < -0.39 is 16.7 Å². The Bertz CT molecular complexity index is 1160. The number of alkyl halides is 1. The number of imide groups is 1. The second kappa shape index (κ2) is 5.92. The highest BCUT2D eigenvalue weighted by atomic mass is 127. The lowest BCUT2D eigenvalue weighted by Gasteiger charge is -2.50. The van der Waals surface area contributed by atoms with Crippen molar-refractivity contribution in [1.29, 1.82) is 0 Å². The highest BCUT2D eigenvalue weighted by molar-refractivity contribution is 14.1. The van der Waals surface area contributed by atoms with Gasteiger partial charge in [0.15, 0.2) is 0 Å². The molecule has 3 nitrogen and oxygen atoms in total. The van der Waals surface area contributed by atoms with Crippen LogP contribution >= 0.6 is 34.2 Å². The maximum atomic E-state index is 13.7. The van der Waals surface area contributed by atoms with Crippen molar-refractivity contribution in [2.75, 3.05) is 4.90 Å². The summed E-state index contributed by atoms with van der Waals surface area (Å²) >= 11 is 9.61. The number of anilines is 1. The summed E-state index contributed by atoms with van der Waals surface area (Å²) in [6, 6.07) is 23.5. The standard InChI is InChI=1S/C24H15ClINO2/c25-24-17-7-3-1-5-15(17)19(16-6-2-4-8-18(16)24)20-21(24)23(29)27(22(20)28)14-11-9-13(26)10-12-14/h1-12,19-21H/t19?,20-,21+,24?/m1/s1. The summed E-state index contributed by atoms with van der Waals surface area (Å²) in [5, 5.41) is 0. The highest BCUT2D eigenvalue weighted by Gasteiger charge is 2.67. The minimum Gasteiger partial charge on any atom is -0.274 e. The Morgan fingerprint density at radius 2 is 1.34 bits per heavy atom. The summed E-state index contributed by atoms with van der Waals surface area (Å²) in [6.07, 6.45) is 0. The number of benzene rings is 3. The molecule has 1 fully saturated rings. The van der Waals surface area contributed by atoms with E-state index in [1.807, 2.05) is 60.7 Å². The third kappa shape index (κ3) is 2.09. The van der Waals surface area contributed by atoms with Gasteiger partial charge in [-0.25, -0.2) is 4.90 Å². The van der Waals surface area contributed by atoms with E-state index in [0.717, 1.165) is 25.8 Å². The minimum atomic E-state index is -1.03. The van der Waals surface area contributed by atoms with Gasteiger partial charge in [-0.15, -0.1) is 11.6 Å². The zero-order valence-electron chi connectivity index (χ0n) is 15.2. The molecule has 0 radical (unpaired) electrons. The zero-order chi connectivity index (χ0) is 19.9. The molecule has 142 valence electrons. The average molecular weight is 512 g/mol. The number of nitrogens with zero attached hydrogens (tertiary/aromatic N) is 1. The second-order valence-corrected chi connectivity index (χ2v) is 9.70. The quantitative estimate of drug-likeness (QED) is 0.261. The van der Waals surface area contributed by atoms with E-state index in [2.05, 4.69) is 34.7 Å². The Labute approximate surface area is 186 Å². The van der Waals surface area contributed by atoms with E-state index in [-0.39, 0.29) is 17.7 Å². The molecule has 0 spiro atoms. The summed E-state index contributed by atoms with van der Waals surface area (Å²) in [5.74, 6) is -1.60. The summed E-state index contributed by atoms with van der Waals surface area (Å²) in [4.78, 5) is 27.6.